The molecule has 4 aromatic rings. The number of nitrogens with zero attached hydrogens (tertiary/aromatic N) is 2. The molecule has 0 aliphatic carbocycles. The van der Waals surface area contributed by atoms with Gasteiger partial charge in [0.1, 0.15) is 5.75 Å². The van der Waals surface area contributed by atoms with E-state index in [4.69, 9.17) is 4.74 Å². The fourth-order valence-electron chi connectivity index (χ4n) is 4.28. The third-order valence-corrected chi connectivity index (χ3v) is 6.76. The first-order chi connectivity index (χ1) is 13.7. The molecule has 1 unspecified atom stereocenters. The van der Waals surface area contributed by atoms with Crippen LogP contribution in [0.25, 0.3) is 10.9 Å². The first-order valence-electron chi connectivity index (χ1n) is 9.60. The molecule has 1 aliphatic rings. The quantitative estimate of drug-likeness (QED) is 0.529. The van der Waals surface area contributed by atoms with Crippen LogP contribution >= 0.6 is 11.3 Å². The Morgan fingerprint density at radius 1 is 1.29 bits per heavy atom. The lowest BCUT2D eigenvalue weighted by Gasteiger charge is -2.36. The van der Waals surface area contributed by atoms with E-state index in [0.717, 1.165) is 25.3 Å². The first kappa shape index (κ1) is 17.5. The number of pyridine rings is 1. The lowest BCUT2D eigenvalue weighted by atomic mass is 9.93. The zero-order valence-corrected chi connectivity index (χ0v) is 16.9. The lowest BCUT2D eigenvalue weighted by Crippen LogP contribution is -2.35. The number of benzene rings is 1. The largest absolute Gasteiger partial charge is 0.497 e. The molecule has 0 saturated heterocycles. The summed E-state index contributed by atoms with van der Waals surface area (Å²) in [5, 5.41) is 3.46. The summed E-state index contributed by atoms with van der Waals surface area (Å²) in [4.78, 5) is 12.1. The van der Waals surface area contributed by atoms with Crippen molar-refractivity contribution in [3.05, 3.63) is 81.4 Å². The summed E-state index contributed by atoms with van der Waals surface area (Å²) in [5.41, 5.74) is 6.48. The Hall–Kier alpha value is -2.63. The number of nitrogens with one attached hydrogen (secondary N) is 1. The van der Waals surface area contributed by atoms with Crippen LogP contribution < -0.4 is 4.74 Å². The number of rotatable bonds is 4. The topological polar surface area (TPSA) is 41.1 Å². The molecule has 3 aromatic heterocycles. The fourth-order valence-corrected chi connectivity index (χ4v) is 5.21. The monoisotopic (exact) mass is 389 g/mol. The second kappa shape index (κ2) is 7.08. The van der Waals surface area contributed by atoms with Gasteiger partial charge in [-0.1, -0.05) is 6.07 Å². The van der Waals surface area contributed by atoms with Crippen molar-refractivity contribution < 1.29 is 4.74 Å². The van der Waals surface area contributed by atoms with Crippen molar-refractivity contribution in [2.45, 2.75) is 25.9 Å². The summed E-state index contributed by atoms with van der Waals surface area (Å²) < 4.78 is 5.47. The van der Waals surface area contributed by atoms with E-state index >= 15 is 0 Å². The van der Waals surface area contributed by atoms with Gasteiger partial charge in [-0.25, -0.2) is 0 Å². The predicted octanol–water partition coefficient (Wildman–Crippen LogP) is 5.09. The van der Waals surface area contributed by atoms with Crippen molar-refractivity contribution in [3.8, 4) is 5.75 Å². The predicted molar refractivity (Wildman–Crippen MR) is 114 cm³/mol. The van der Waals surface area contributed by atoms with Crippen LogP contribution in [0.3, 0.4) is 0 Å². The Balaban J connectivity index is 1.63. The van der Waals surface area contributed by atoms with Gasteiger partial charge in [0.05, 0.1) is 13.2 Å². The minimum absolute atomic E-state index is 0.178. The molecular weight excluding hydrogens is 366 g/mol. The average molecular weight is 390 g/mol. The minimum Gasteiger partial charge on any atom is -0.497 e. The van der Waals surface area contributed by atoms with Crippen molar-refractivity contribution >= 4 is 22.2 Å². The number of methoxy groups -OCH3 is 1. The van der Waals surface area contributed by atoms with Gasteiger partial charge in [-0.15, -0.1) is 11.3 Å². The van der Waals surface area contributed by atoms with Crippen molar-refractivity contribution in [1.82, 2.24) is 14.9 Å². The number of hydrogen-bond acceptors (Lipinski definition) is 4. The van der Waals surface area contributed by atoms with Crippen LogP contribution in [0.15, 0.2) is 54.2 Å². The zero-order chi connectivity index (χ0) is 19.1. The molecule has 28 heavy (non-hydrogen) atoms. The van der Waals surface area contributed by atoms with Crippen molar-refractivity contribution in [3.63, 3.8) is 0 Å². The van der Waals surface area contributed by atoms with Gasteiger partial charge in [-0.2, -0.15) is 0 Å². The van der Waals surface area contributed by atoms with E-state index in [2.05, 4.69) is 51.4 Å². The summed E-state index contributed by atoms with van der Waals surface area (Å²) in [5.74, 6) is 0.906. The maximum Gasteiger partial charge on any atom is 0.119 e. The minimum atomic E-state index is 0.178. The standard InChI is InChI=1S/C23H23N3OS/c1-15-8-11-28-21(15)14-26-10-7-18-19-12-17(27-2)5-6-20(19)25-22(18)23(26)16-4-3-9-24-13-16/h3-6,8-9,11-13,23,25H,7,10,14H2,1-2H3. The molecule has 0 radical (unpaired) electrons. The molecule has 0 bridgehead atoms. The van der Waals surface area contributed by atoms with E-state index in [-0.39, 0.29) is 6.04 Å². The summed E-state index contributed by atoms with van der Waals surface area (Å²) in [6.45, 7) is 4.19. The Morgan fingerprint density at radius 3 is 2.96 bits per heavy atom. The maximum absolute atomic E-state index is 5.47. The molecule has 1 aromatic carbocycles. The van der Waals surface area contributed by atoms with E-state index in [0.29, 0.717) is 0 Å². The second-order valence-electron chi connectivity index (χ2n) is 7.36. The molecule has 0 saturated carbocycles. The third kappa shape index (κ3) is 2.91. The van der Waals surface area contributed by atoms with Gasteiger partial charge in [0.15, 0.2) is 0 Å². The van der Waals surface area contributed by atoms with Gasteiger partial charge in [-0.05, 0) is 65.7 Å². The van der Waals surface area contributed by atoms with Crippen LogP contribution in [0.4, 0.5) is 0 Å². The van der Waals surface area contributed by atoms with Crippen LogP contribution in [-0.4, -0.2) is 28.5 Å². The molecule has 4 nitrogen and oxygen atoms in total. The fraction of sp³-hybridized carbons (Fsp3) is 0.261. The van der Waals surface area contributed by atoms with Gasteiger partial charge < -0.3 is 9.72 Å². The highest BCUT2D eigenvalue weighted by Crippen LogP contribution is 2.40. The molecule has 4 heterocycles. The summed E-state index contributed by atoms with van der Waals surface area (Å²) in [6, 6.07) is 12.9. The number of aryl methyl sites for hydroxylation is 1. The lowest BCUT2D eigenvalue weighted by molar-refractivity contribution is 0.203. The van der Waals surface area contributed by atoms with E-state index in [1.54, 1.807) is 7.11 Å². The second-order valence-corrected chi connectivity index (χ2v) is 8.37. The highest BCUT2D eigenvalue weighted by atomic mass is 32.1. The van der Waals surface area contributed by atoms with Crippen LogP contribution in [0, 0.1) is 6.92 Å². The van der Waals surface area contributed by atoms with Crippen LogP contribution in [-0.2, 0) is 13.0 Å². The molecule has 1 aliphatic heterocycles. The van der Waals surface area contributed by atoms with Gasteiger partial charge in [0.2, 0.25) is 0 Å². The van der Waals surface area contributed by atoms with E-state index < -0.39 is 0 Å². The molecule has 0 fully saturated rings. The SMILES string of the molecule is COc1ccc2[nH]c3c(c2c1)CCN(Cc1sccc1C)C3c1cccnc1. The number of ether oxygens (including phenoxy) is 1. The van der Waals surface area contributed by atoms with Crippen molar-refractivity contribution in [1.29, 1.82) is 0 Å². The van der Waals surface area contributed by atoms with Gasteiger partial charge in [-0.3, -0.25) is 9.88 Å². The molecule has 1 N–H and O–H groups in total. The smallest absolute Gasteiger partial charge is 0.119 e. The average Bonchev–Trinajstić information content (AvgIpc) is 3.31. The Kier molecular flexibility index (Phi) is 4.41. The van der Waals surface area contributed by atoms with E-state index in [1.807, 2.05) is 35.9 Å². The molecule has 0 amide bonds. The van der Waals surface area contributed by atoms with Gasteiger partial charge in [0.25, 0.3) is 0 Å². The van der Waals surface area contributed by atoms with Crippen LogP contribution in [0.2, 0.25) is 0 Å². The summed E-state index contributed by atoms with van der Waals surface area (Å²) >= 11 is 1.85. The Labute approximate surface area is 168 Å². The van der Waals surface area contributed by atoms with Crippen LogP contribution in [0.1, 0.15) is 33.3 Å². The number of H-pyrrole nitrogens is 1. The summed E-state index contributed by atoms with van der Waals surface area (Å²) in [6.07, 6.45) is 4.88. The Bertz CT molecular complexity index is 1120. The summed E-state index contributed by atoms with van der Waals surface area (Å²) in [7, 11) is 1.73. The van der Waals surface area contributed by atoms with Crippen molar-refractivity contribution in [2.24, 2.45) is 0 Å². The highest BCUT2D eigenvalue weighted by Gasteiger charge is 2.32. The van der Waals surface area contributed by atoms with Gasteiger partial charge >= 0.3 is 0 Å². The maximum atomic E-state index is 5.47. The zero-order valence-electron chi connectivity index (χ0n) is 16.1. The number of aromatic nitrogens is 2. The van der Waals surface area contributed by atoms with E-state index in [9.17, 15) is 0 Å². The van der Waals surface area contributed by atoms with Gasteiger partial charge in [0, 0.05) is 47.0 Å². The normalized spacial score (nSPS) is 17.0. The third-order valence-electron chi connectivity index (χ3n) is 5.75. The number of aromatic amines is 1. The molecule has 5 rings (SSSR count). The molecule has 5 heteroatoms. The molecule has 0 spiro atoms. The Morgan fingerprint density at radius 2 is 2.21 bits per heavy atom. The number of thiophene rings is 1. The van der Waals surface area contributed by atoms with Crippen LogP contribution in [0.5, 0.6) is 5.75 Å². The number of hydrogen-bond donors (Lipinski definition) is 1. The molecule has 1 atom stereocenters. The molecule has 142 valence electrons. The number of fused-ring (bicyclic) bond motifs is 3. The van der Waals surface area contributed by atoms with Crippen molar-refractivity contribution in [2.75, 3.05) is 13.7 Å². The highest BCUT2D eigenvalue weighted by molar-refractivity contribution is 7.10. The first-order valence-corrected chi connectivity index (χ1v) is 10.5. The van der Waals surface area contributed by atoms with E-state index in [1.165, 1.54) is 38.2 Å². The molecular formula is C23H23N3OS.